The third-order valence-corrected chi connectivity index (χ3v) is 2.08. The maximum Gasteiger partial charge on any atom is 0.240 e. The van der Waals surface area contributed by atoms with E-state index in [-0.39, 0.29) is 18.4 Å². The van der Waals surface area contributed by atoms with Gasteiger partial charge in [-0.15, -0.1) is 0 Å². The average molecular weight is 228 g/mol. The normalized spacial score (nSPS) is 9.62. The second kappa shape index (κ2) is 8.88. The number of amides is 3. The number of carbonyl (C=O) groups excluding carboxylic acids is 3. The molecule has 0 aliphatic heterocycles. The van der Waals surface area contributed by atoms with Gasteiger partial charge in [-0.3, -0.25) is 19.3 Å². The summed E-state index contributed by atoms with van der Waals surface area (Å²) in [5.41, 5.74) is 0. The molecular weight excluding hydrogens is 208 g/mol. The Labute approximate surface area is 96.2 Å². The molecule has 0 aromatic heterocycles. The Balaban J connectivity index is 3.96. The van der Waals surface area contributed by atoms with Crippen molar-refractivity contribution >= 4 is 18.2 Å². The van der Waals surface area contributed by atoms with Gasteiger partial charge in [0.25, 0.3) is 0 Å². The van der Waals surface area contributed by atoms with Crippen LogP contribution in [0, 0.1) is 0 Å². The predicted molar refractivity (Wildman–Crippen MR) is 60.6 cm³/mol. The number of carbonyl (C=O) groups is 3. The molecule has 3 amide bonds. The van der Waals surface area contributed by atoms with Crippen molar-refractivity contribution in [1.82, 2.24) is 10.2 Å². The number of nitrogens with one attached hydrogen (secondary N) is 1. The molecule has 0 saturated heterocycles. The molecule has 0 radical (unpaired) electrons. The molecule has 5 nitrogen and oxygen atoms in total. The Hall–Kier alpha value is -1.39. The van der Waals surface area contributed by atoms with E-state index in [1.807, 2.05) is 13.8 Å². The van der Waals surface area contributed by atoms with Crippen molar-refractivity contribution in [3.8, 4) is 0 Å². The number of hydrogen-bond acceptors (Lipinski definition) is 3. The Kier molecular flexibility index (Phi) is 8.11. The smallest absolute Gasteiger partial charge is 0.240 e. The molecule has 16 heavy (non-hydrogen) atoms. The van der Waals surface area contributed by atoms with Crippen molar-refractivity contribution in [2.75, 3.05) is 13.1 Å². The van der Waals surface area contributed by atoms with E-state index >= 15 is 0 Å². The minimum absolute atomic E-state index is 0.175. The topological polar surface area (TPSA) is 66.5 Å². The Morgan fingerprint density at radius 2 is 1.94 bits per heavy atom. The molecule has 5 heteroatoms. The van der Waals surface area contributed by atoms with Gasteiger partial charge in [0.15, 0.2) is 0 Å². The van der Waals surface area contributed by atoms with E-state index in [1.165, 1.54) is 0 Å². The quantitative estimate of drug-likeness (QED) is 0.491. The van der Waals surface area contributed by atoms with Crippen LogP contribution in [0.4, 0.5) is 0 Å². The lowest BCUT2D eigenvalue weighted by atomic mass is 10.3. The van der Waals surface area contributed by atoms with Gasteiger partial charge in [0.2, 0.25) is 18.2 Å². The van der Waals surface area contributed by atoms with Crippen LogP contribution in [0.1, 0.15) is 39.5 Å². The molecule has 0 bridgehead atoms. The zero-order valence-corrected chi connectivity index (χ0v) is 9.99. The van der Waals surface area contributed by atoms with E-state index in [0.29, 0.717) is 25.8 Å². The standard InChI is InChI=1S/C11H20N2O3/c1-3-5-7-12-10(15)8-13(9-14)11(16)6-4-2/h9H,3-8H2,1-2H3,(H,12,15). The lowest BCUT2D eigenvalue weighted by Crippen LogP contribution is -2.40. The molecule has 0 aromatic rings. The molecule has 1 N–H and O–H groups in total. The van der Waals surface area contributed by atoms with Gasteiger partial charge >= 0.3 is 0 Å². The van der Waals surface area contributed by atoms with Gasteiger partial charge in [-0.2, -0.15) is 0 Å². The number of rotatable bonds is 8. The number of imide groups is 1. The fourth-order valence-electron chi connectivity index (χ4n) is 1.16. The van der Waals surface area contributed by atoms with Crippen LogP contribution in [0.5, 0.6) is 0 Å². The first-order valence-corrected chi connectivity index (χ1v) is 5.67. The van der Waals surface area contributed by atoms with Crippen LogP contribution in [0.3, 0.4) is 0 Å². The van der Waals surface area contributed by atoms with E-state index in [4.69, 9.17) is 0 Å². The van der Waals surface area contributed by atoms with Crippen LogP contribution >= 0.6 is 0 Å². The Bertz CT molecular complexity index is 241. The summed E-state index contributed by atoms with van der Waals surface area (Å²) in [5, 5.41) is 2.65. The van der Waals surface area contributed by atoms with Gasteiger partial charge in [0.1, 0.15) is 6.54 Å². The van der Waals surface area contributed by atoms with Crippen LogP contribution in [0.25, 0.3) is 0 Å². The van der Waals surface area contributed by atoms with Gasteiger partial charge in [0.05, 0.1) is 0 Å². The molecule has 0 saturated carbocycles. The van der Waals surface area contributed by atoms with E-state index in [2.05, 4.69) is 5.32 Å². The van der Waals surface area contributed by atoms with Crippen molar-refractivity contribution in [1.29, 1.82) is 0 Å². The molecule has 0 heterocycles. The van der Waals surface area contributed by atoms with Crippen LogP contribution in [-0.2, 0) is 14.4 Å². The summed E-state index contributed by atoms with van der Waals surface area (Å²) in [7, 11) is 0. The van der Waals surface area contributed by atoms with E-state index in [0.717, 1.165) is 17.7 Å². The summed E-state index contributed by atoms with van der Waals surface area (Å²) >= 11 is 0. The van der Waals surface area contributed by atoms with Crippen LogP contribution in [-0.4, -0.2) is 36.2 Å². The van der Waals surface area contributed by atoms with E-state index in [1.54, 1.807) is 0 Å². The fourth-order valence-corrected chi connectivity index (χ4v) is 1.16. The molecule has 0 rings (SSSR count). The Morgan fingerprint density at radius 3 is 2.44 bits per heavy atom. The molecule has 0 atom stereocenters. The highest BCUT2D eigenvalue weighted by atomic mass is 16.2. The third-order valence-electron chi connectivity index (χ3n) is 2.08. The first kappa shape index (κ1) is 14.6. The molecule has 0 aliphatic carbocycles. The van der Waals surface area contributed by atoms with Crippen molar-refractivity contribution < 1.29 is 14.4 Å². The van der Waals surface area contributed by atoms with Crippen LogP contribution in [0.15, 0.2) is 0 Å². The van der Waals surface area contributed by atoms with Crippen molar-refractivity contribution in [3.63, 3.8) is 0 Å². The van der Waals surface area contributed by atoms with Crippen molar-refractivity contribution in [3.05, 3.63) is 0 Å². The second-order valence-electron chi connectivity index (χ2n) is 3.58. The monoisotopic (exact) mass is 228 g/mol. The largest absolute Gasteiger partial charge is 0.355 e. The zero-order valence-electron chi connectivity index (χ0n) is 9.99. The summed E-state index contributed by atoms with van der Waals surface area (Å²) in [4.78, 5) is 34.2. The summed E-state index contributed by atoms with van der Waals surface area (Å²) in [6, 6.07) is 0. The van der Waals surface area contributed by atoms with Gasteiger partial charge < -0.3 is 5.32 Å². The fraction of sp³-hybridized carbons (Fsp3) is 0.727. The summed E-state index contributed by atoms with van der Waals surface area (Å²) in [5.74, 6) is -0.590. The number of nitrogens with zero attached hydrogens (tertiary/aromatic N) is 1. The maximum atomic E-state index is 11.4. The predicted octanol–water partition coefficient (Wildman–Crippen LogP) is 0.688. The first-order chi connectivity index (χ1) is 7.65. The minimum Gasteiger partial charge on any atom is -0.355 e. The Morgan fingerprint density at radius 1 is 1.25 bits per heavy atom. The third kappa shape index (κ3) is 6.16. The van der Waals surface area contributed by atoms with Crippen molar-refractivity contribution in [2.24, 2.45) is 0 Å². The summed E-state index contributed by atoms with van der Waals surface area (Å²) in [6.07, 6.45) is 3.27. The molecular formula is C11H20N2O3. The van der Waals surface area contributed by atoms with E-state index < -0.39 is 0 Å². The average Bonchev–Trinajstić information content (AvgIpc) is 2.26. The summed E-state index contributed by atoms with van der Waals surface area (Å²) < 4.78 is 0. The van der Waals surface area contributed by atoms with Crippen molar-refractivity contribution in [2.45, 2.75) is 39.5 Å². The minimum atomic E-state index is -0.303. The van der Waals surface area contributed by atoms with Gasteiger partial charge in [-0.1, -0.05) is 20.3 Å². The second-order valence-corrected chi connectivity index (χ2v) is 3.58. The maximum absolute atomic E-state index is 11.4. The summed E-state index contributed by atoms with van der Waals surface area (Å²) in [6.45, 7) is 4.28. The molecule has 0 fully saturated rings. The SMILES string of the molecule is CCCCNC(=O)CN(C=O)C(=O)CCC. The highest BCUT2D eigenvalue weighted by Gasteiger charge is 2.14. The molecule has 92 valence electrons. The highest BCUT2D eigenvalue weighted by molar-refractivity contribution is 5.91. The lowest BCUT2D eigenvalue weighted by molar-refractivity contribution is -0.142. The van der Waals surface area contributed by atoms with Crippen LogP contribution < -0.4 is 5.32 Å². The number of unbranched alkanes of at least 4 members (excludes halogenated alkanes) is 1. The van der Waals surface area contributed by atoms with Gasteiger partial charge in [-0.25, -0.2) is 0 Å². The molecule has 0 aromatic carbocycles. The van der Waals surface area contributed by atoms with E-state index in [9.17, 15) is 14.4 Å². The first-order valence-electron chi connectivity index (χ1n) is 5.67. The molecule has 0 aliphatic rings. The molecule has 0 unspecified atom stereocenters. The zero-order chi connectivity index (χ0) is 12.4. The van der Waals surface area contributed by atoms with Crippen LogP contribution in [0.2, 0.25) is 0 Å². The lowest BCUT2D eigenvalue weighted by Gasteiger charge is -2.14. The highest BCUT2D eigenvalue weighted by Crippen LogP contribution is 1.94. The van der Waals surface area contributed by atoms with Gasteiger partial charge in [-0.05, 0) is 12.8 Å². The molecule has 0 spiro atoms. The van der Waals surface area contributed by atoms with Gasteiger partial charge in [0, 0.05) is 13.0 Å². The number of hydrogen-bond donors (Lipinski definition) is 1.